The maximum absolute atomic E-state index is 13.2. The van der Waals surface area contributed by atoms with Crippen LogP contribution in [0, 0.1) is 4.91 Å². The lowest BCUT2D eigenvalue weighted by molar-refractivity contribution is 0.403. The molecule has 11 heteroatoms. The van der Waals surface area contributed by atoms with Gasteiger partial charge in [0.05, 0.1) is 19.4 Å². The van der Waals surface area contributed by atoms with Crippen LogP contribution < -0.4 is 11.2 Å². The minimum Gasteiger partial charge on any atom is -0.506 e. The highest BCUT2D eigenvalue weighted by molar-refractivity contribution is 5.70. The fraction of sp³-hybridized carbons (Fsp3) is 0.150. The van der Waals surface area contributed by atoms with Gasteiger partial charge in [0.2, 0.25) is 0 Å². The number of hydrogen-bond donors (Lipinski definition) is 3. The van der Waals surface area contributed by atoms with Crippen molar-refractivity contribution in [2.45, 2.75) is 13.1 Å². The molecule has 0 saturated heterocycles. The van der Waals surface area contributed by atoms with Crippen LogP contribution in [0.5, 0.6) is 17.2 Å². The third kappa shape index (κ3) is 3.41. The normalized spacial score (nSPS) is 11.1. The third-order valence-electron chi connectivity index (χ3n) is 4.94. The molecule has 0 atom stereocenters. The van der Waals surface area contributed by atoms with Crippen LogP contribution in [-0.2, 0) is 20.1 Å². The average Bonchev–Trinajstić information content (AvgIpc) is 3.13. The number of nitroso groups, excluding NO2 is 1. The maximum atomic E-state index is 13.2. The highest BCUT2D eigenvalue weighted by Crippen LogP contribution is 2.27. The Balaban J connectivity index is 1.89. The van der Waals surface area contributed by atoms with Crippen LogP contribution in [0.4, 0.5) is 5.69 Å². The van der Waals surface area contributed by atoms with Crippen LogP contribution in [0.2, 0.25) is 0 Å². The van der Waals surface area contributed by atoms with Crippen molar-refractivity contribution in [3.8, 4) is 17.2 Å². The Hall–Kier alpha value is -4.41. The molecular formula is C20H17N5O6. The molecule has 11 nitrogen and oxygen atoms in total. The van der Waals surface area contributed by atoms with E-state index in [0.29, 0.717) is 11.1 Å². The fourth-order valence-corrected chi connectivity index (χ4v) is 3.37. The number of hydrogen-bond acceptors (Lipinski definition) is 8. The number of rotatable bonds is 5. The quantitative estimate of drug-likeness (QED) is 0.325. The van der Waals surface area contributed by atoms with Crippen molar-refractivity contribution in [2.24, 2.45) is 12.2 Å². The lowest BCUT2D eigenvalue weighted by Gasteiger charge is -2.13. The first kappa shape index (κ1) is 19.9. The molecule has 0 bridgehead atoms. The van der Waals surface area contributed by atoms with Gasteiger partial charge in [-0.1, -0.05) is 12.1 Å². The van der Waals surface area contributed by atoms with E-state index in [-0.39, 0.29) is 47.2 Å². The van der Waals surface area contributed by atoms with Gasteiger partial charge in [0.25, 0.3) is 5.56 Å². The zero-order valence-electron chi connectivity index (χ0n) is 16.3. The van der Waals surface area contributed by atoms with E-state index in [2.05, 4.69) is 10.2 Å². The zero-order chi connectivity index (χ0) is 22.3. The highest BCUT2D eigenvalue weighted by Gasteiger charge is 2.18. The van der Waals surface area contributed by atoms with Gasteiger partial charge in [-0.15, -0.1) is 4.91 Å². The Bertz CT molecular complexity index is 1450. The molecule has 0 radical (unpaired) electrons. The topological polar surface area (TPSA) is 152 Å². The molecule has 2 heterocycles. The molecule has 2 aromatic heterocycles. The molecule has 0 saturated carbocycles. The van der Waals surface area contributed by atoms with Gasteiger partial charge in [-0.2, -0.15) is 0 Å². The first-order valence-corrected chi connectivity index (χ1v) is 9.11. The highest BCUT2D eigenvalue weighted by atomic mass is 16.3. The molecular weight excluding hydrogens is 406 g/mol. The molecule has 0 amide bonds. The molecule has 158 valence electrons. The van der Waals surface area contributed by atoms with Gasteiger partial charge in [-0.25, -0.2) is 9.78 Å². The summed E-state index contributed by atoms with van der Waals surface area (Å²) in [6.07, 6.45) is 1.41. The van der Waals surface area contributed by atoms with Crippen molar-refractivity contribution < 1.29 is 15.3 Å². The van der Waals surface area contributed by atoms with Crippen molar-refractivity contribution >= 4 is 16.9 Å². The van der Waals surface area contributed by atoms with Gasteiger partial charge >= 0.3 is 5.69 Å². The van der Waals surface area contributed by atoms with Gasteiger partial charge < -0.3 is 19.9 Å². The van der Waals surface area contributed by atoms with Gasteiger partial charge in [-0.05, 0) is 40.6 Å². The number of aromatic nitrogens is 4. The second-order valence-electron chi connectivity index (χ2n) is 7.03. The van der Waals surface area contributed by atoms with E-state index >= 15 is 0 Å². The van der Waals surface area contributed by atoms with Crippen molar-refractivity contribution in [2.75, 3.05) is 0 Å². The summed E-state index contributed by atoms with van der Waals surface area (Å²) >= 11 is 0. The number of nitrogens with zero attached hydrogens (tertiary/aromatic N) is 5. The van der Waals surface area contributed by atoms with Gasteiger partial charge in [0.1, 0.15) is 11.4 Å². The summed E-state index contributed by atoms with van der Waals surface area (Å²) in [5.41, 5.74) is -0.144. The second kappa shape index (κ2) is 7.44. The smallest absolute Gasteiger partial charge is 0.333 e. The molecule has 4 rings (SSSR count). The zero-order valence-corrected chi connectivity index (χ0v) is 16.3. The van der Waals surface area contributed by atoms with Gasteiger partial charge in [0, 0.05) is 7.05 Å². The summed E-state index contributed by atoms with van der Waals surface area (Å²) in [6, 6.07) is 8.18. The molecule has 0 fully saturated rings. The Morgan fingerprint density at radius 2 is 1.55 bits per heavy atom. The molecule has 4 aromatic rings. The number of aryl methyl sites for hydroxylation is 1. The van der Waals surface area contributed by atoms with Crippen molar-refractivity contribution in [3.05, 3.63) is 79.6 Å². The predicted molar refractivity (Wildman–Crippen MR) is 111 cm³/mol. The van der Waals surface area contributed by atoms with Gasteiger partial charge in [0.15, 0.2) is 22.7 Å². The molecule has 0 aliphatic heterocycles. The number of benzene rings is 2. The van der Waals surface area contributed by atoms with Crippen molar-refractivity contribution in [3.63, 3.8) is 0 Å². The van der Waals surface area contributed by atoms with E-state index in [9.17, 15) is 29.8 Å². The summed E-state index contributed by atoms with van der Waals surface area (Å²) < 4.78 is 3.76. The Morgan fingerprint density at radius 3 is 2.23 bits per heavy atom. The van der Waals surface area contributed by atoms with Crippen molar-refractivity contribution in [1.29, 1.82) is 0 Å². The summed E-state index contributed by atoms with van der Waals surface area (Å²) in [5.74, 6) is -0.942. The van der Waals surface area contributed by atoms with E-state index in [4.69, 9.17) is 0 Å². The Labute approximate surface area is 173 Å². The van der Waals surface area contributed by atoms with Crippen LogP contribution in [0.1, 0.15) is 11.1 Å². The molecule has 0 unspecified atom stereocenters. The predicted octanol–water partition coefficient (Wildman–Crippen LogP) is 1.51. The van der Waals surface area contributed by atoms with Crippen LogP contribution >= 0.6 is 0 Å². The summed E-state index contributed by atoms with van der Waals surface area (Å²) in [6.45, 7) is -0.181. The molecule has 0 aliphatic carbocycles. The van der Waals surface area contributed by atoms with Crippen LogP contribution in [0.3, 0.4) is 0 Å². The molecule has 31 heavy (non-hydrogen) atoms. The lowest BCUT2D eigenvalue weighted by atomic mass is 10.2. The molecule has 3 N–H and O–H groups in total. The minimum atomic E-state index is -0.655. The monoisotopic (exact) mass is 423 g/mol. The standard InChI is InChI=1S/C20H17N5O6/c1-23-10-21-18-17(23)19(29)25(9-11-2-4-14(26)13(6-11)22-31)20(30)24(18)8-12-3-5-15(27)16(28)7-12/h2-7,10,26-28H,8-9H2,1H3. The minimum absolute atomic E-state index is 0.0167. The Kier molecular flexibility index (Phi) is 4.78. The second-order valence-corrected chi connectivity index (χ2v) is 7.03. The average molecular weight is 423 g/mol. The maximum Gasteiger partial charge on any atom is 0.333 e. The first-order valence-electron chi connectivity index (χ1n) is 9.11. The number of phenols is 3. The third-order valence-corrected chi connectivity index (χ3v) is 4.94. The molecule has 0 aliphatic rings. The van der Waals surface area contributed by atoms with E-state index in [1.54, 1.807) is 7.05 Å². The van der Waals surface area contributed by atoms with E-state index < -0.39 is 11.2 Å². The summed E-state index contributed by atoms with van der Waals surface area (Å²) in [4.78, 5) is 41.3. The van der Waals surface area contributed by atoms with Crippen LogP contribution in [0.25, 0.3) is 11.2 Å². The number of fused-ring (bicyclic) bond motifs is 1. The SMILES string of the molecule is Cn1cnc2c1c(=O)n(Cc1ccc(O)c(N=O)c1)c(=O)n2Cc1ccc(O)c(O)c1. The Morgan fingerprint density at radius 1 is 0.903 bits per heavy atom. The summed E-state index contributed by atoms with van der Waals surface area (Å²) in [5, 5.41) is 31.6. The van der Waals surface area contributed by atoms with E-state index in [0.717, 1.165) is 4.57 Å². The van der Waals surface area contributed by atoms with E-state index in [1.807, 2.05) is 0 Å². The van der Waals surface area contributed by atoms with E-state index in [1.165, 1.54) is 51.9 Å². The molecule has 0 spiro atoms. The first-order chi connectivity index (χ1) is 14.8. The fourth-order valence-electron chi connectivity index (χ4n) is 3.37. The van der Waals surface area contributed by atoms with Crippen LogP contribution in [0.15, 0.2) is 57.5 Å². The molecule has 2 aromatic carbocycles. The summed E-state index contributed by atoms with van der Waals surface area (Å²) in [7, 11) is 1.62. The van der Waals surface area contributed by atoms with Crippen LogP contribution in [-0.4, -0.2) is 34.0 Å². The largest absolute Gasteiger partial charge is 0.506 e. The number of imidazole rings is 1. The number of aromatic hydroxyl groups is 3. The number of phenolic OH excluding ortho intramolecular Hbond substituents is 3. The van der Waals surface area contributed by atoms with Gasteiger partial charge in [-0.3, -0.25) is 13.9 Å². The lowest BCUT2D eigenvalue weighted by Crippen LogP contribution is -2.41. The van der Waals surface area contributed by atoms with Crippen molar-refractivity contribution in [1.82, 2.24) is 18.7 Å².